The molecule has 7 heteroatoms. The van der Waals surface area contributed by atoms with Gasteiger partial charge in [-0.05, 0) is 12.1 Å². The van der Waals surface area contributed by atoms with E-state index in [4.69, 9.17) is 5.11 Å². The maximum absolute atomic E-state index is 13.2. The van der Waals surface area contributed by atoms with Gasteiger partial charge in [-0.2, -0.15) is 4.39 Å². The molecule has 2 aromatic rings. The zero-order chi connectivity index (χ0) is 10.3. The molecule has 0 atom stereocenters. The van der Waals surface area contributed by atoms with Crippen molar-refractivity contribution >= 4 is 24.0 Å². The number of aromatic nitrogens is 2. The van der Waals surface area contributed by atoms with Crippen LogP contribution in [0.5, 0.6) is 0 Å². The van der Waals surface area contributed by atoms with Gasteiger partial charge in [-0.3, -0.25) is 4.40 Å². The minimum atomic E-state index is -1.48. The van der Waals surface area contributed by atoms with Crippen LogP contribution in [-0.4, -0.2) is 20.5 Å². The number of carboxylic acids is 1. The number of nitrogens with zero attached hydrogens (tertiary/aromatic N) is 2. The molecule has 0 fully saturated rings. The van der Waals surface area contributed by atoms with Crippen LogP contribution in [0.2, 0.25) is 0 Å². The first kappa shape index (κ1) is 11.4. The summed E-state index contributed by atoms with van der Waals surface area (Å²) in [5, 5.41) is 8.53. The Morgan fingerprint density at radius 2 is 2.07 bits per heavy atom. The number of carbonyl (C=O) groups is 1. The number of rotatable bonds is 1. The molecule has 0 saturated carbocycles. The van der Waals surface area contributed by atoms with E-state index in [0.29, 0.717) is 0 Å². The molecule has 2 heterocycles. The molecule has 2 rings (SSSR count). The summed E-state index contributed by atoms with van der Waals surface area (Å²) in [7, 11) is 0. The number of hydrogen-bond acceptors (Lipinski definition) is 2. The highest BCUT2D eigenvalue weighted by Crippen LogP contribution is 2.11. The van der Waals surface area contributed by atoms with Gasteiger partial charge in [-0.15, -0.1) is 12.4 Å². The van der Waals surface area contributed by atoms with E-state index in [0.717, 1.165) is 16.7 Å². The Morgan fingerprint density at radius 3 is 2.67 bits per heavy atom. The molecular formula is C8H5ClF2N2O2. The average Bonchev–Trinajstić information content (AvgIpc) is 2.44. The number of fused-ring (bicyclic) bond motifs is 1. The number of hydrogen-bond donors (Lipinski definition) is 1. The van der Waals surface area contributed by atoms with Gasteiger partial charge in [0, 0.05) is 6.20 Å². The Kier molecular flexibility index (Phi) is 2.90. The molecule has 0 aliphatic heterocycles. The van der Waals surface area contributed by atoms with E-state index in [1.165, 1.54) is 6.07 Å². The van der Waals surface area contributed by atoms with Crippen LogP contribution in [0.25, 0.3) is 5.65 Å². The van der Waals surface area contributed by atoms with Crippen LogP contribution in [-0.2, 0) is 0 Å². The molecule has 0 aliphatic rings. The molecule has 2 aromatic heterocycles. The molecule has 0 spiro atoms. The maximum Gasteiger partial charge on any atom is 0.359 e. The van der Waals surface area contributed by atoms with Crippen molar-refractivity contribution in [2.24, 2.45) is 0 Å². The number of carboxylic acid groups (broad SMARTS) is 1. The van der Waals surface area contributed by atoms with Crippen molar-refractivity contribution in [1.29, 1.82) is 0 Å². The highest BCUT2D eigenvalue weighted by Gasteiger charge is 2.17. The third kappa shape index (κ3) is 1.75. The Morgan fingerprint density at radius 1 is 1.40 bits per heavy atom. The van der Waals surface area contributed by atoms with E-state index in [9.17, 15) is 13.6 Å². The summed E-state index contributed by atoms with van der Waals surface area (Å²) in [4.78, 5) is 13.9. The van der Waals surface area contributed by atoms with Gasteiger partial charge in [-0.1, -0.05) is 0 Å². The van der Waals surface area contributed by atoms with Gasteiger partial charge in [0.25, 0.3) is 0 Å². The van der Waals surface area contributed by atoms with E-state index >= 15 is 0 Å². The predicted molar refractivity (Wildman–Crippen MR) is 49.3 cm³/mol. The normalized spacial score (nSPS) is 10.0. The van der Waals surface area contributed by atoms with Crippen molar-refractivity contribution < 1.29 is 18.7 Å². The lowest BCUT2D eigenvalue weighted by molar-refractivity contribution is 0.0685. The first-order valence-corrected chi connectivity index (χ1v) is 3.66. The summed E-state index contributed by atoms with van der Waals surface area (Å²) < 4.78 is 26.6. The van der Waals surface area contributed by atoms with Gasteiger partial charge in [0.15, 0.2) is 0 Å². The van der Waals surface area contributed by atoms with Crippen LogP contribution in [0.1, 0.15) is 10.5 Å². The van der Waals surface area contributed by atoms with Crippen molar-refractivity contribution in [3.63, 3.8) is 0 Å². The molecule has 4 nitrogen and oxygen atoms in total. The van der Waals surface area contributed by atoms with Crippen LogP contribution in [0, 0.1) is 11.8 Å². The van der Waals surface area contributed by atoms with Gasteiger partial charge < -0.3 is 5.11 Å². The minimum Gasteiger partial charge on any atom is -0.476 e. The van der Waals surface area contributed by atoms with Gasteiger partial charge in [-0.25, -0.2) is 14.2 Å². The zero-order valence-electron chi connectivity index (χ0n) is 7.15. The fourth-order valence-electron chi connectivity index (χ4n) is 1.13. The summed E-state index contributed by atoms with van der Waals surface area (Å²) in [5.41, 5.74) is -0.656. The number of imidazole rings is 1. The van der Waals surface area contributed by atoms with Crippen molar-refractivity contribution in [3.05, 3.63) is 35.8 Å². The second-order valence-corrected chi connectivity index (χ2v) is 2.63. The number of halogens is 3. The molecule has 1 N–H and O–H groups in total. The predicted octanol–water partition coefficient (Wildman–Crippen LogP) is 1.73. The minimum absolute atomic E-state index is 0. The molecule has 0 aliphatic carbocycles. The van der Waals surface area contributed by atoms with E-state index < -0.39 is 23.4 Å². The van der Waals surface area contributed by atoms with Crippen molar-refractivity contribution in [1.82, 2.24) is 9.38 Å². The highest BCUT2D eigenvalue weighted by atomic mass is 35.5. The molecule has 0 unspecified atom stereocenters. The molecule has 80 valence electrons. The Balaban J connectivity index is 0.00000112. The average molecular weight is 235 g/mol. The standard InChI is InChI=1S/C8H4F2N2O2.ClH/c9-4-1-2-5-11-6(8(13)14)7(10)12(5)3-4;/h1-3H,(H,13,14);1H. The lowest BCUT2D eigenvalue weighted by Gasteiger charge is -1.92. The summed E-state index contributed by atoms with van der Waals surface area (Å²) in [6.45, 7) is 0. The topological polar surface area (TPSA) is 54.6 Å². The van der Waals surface area contributed by atoms with Crippen LogP contribution in [0.3, 0.4) is 0 Å². The van der Waals surface area contributed by atoms with Gasteiger partial charge in [0.1, 0.15) is 11.5 Å². The fraction of sp³-hybridized carbons (Fsp3) is 0. The molecular weight excluding hydrogens is 230 g/mol. The monoisotopic (exact) mass is 234 g/mol. The third-order valence-corrected chi connectivity index (χ3v) is 1.73. The van der Waals surface area contributed by atoms with Crippen LogP contribution in [0.15, 0.2) is 18.3 Å². The summed E-state index contributed by atoms with van der Waals surface area (Å²) in [5.74, 6) is -3.22. The van der Waals surface area contributed by atoms with Crippen molar-refractivity contribution in [2.75, 3.05) is 0 Å². The lowest BCUT2D eigenvalue weighted by atomic mass is 10.4. The molecule has 15 heavy (non-hydrogen) atoms. The van der Waals surface area contributed by atoms with Gasteiger partial charge in [0.2, 0.25) is 11.6 Å². The Hall–Kier alpha value is -1.69. The molecule has 0 radical (unpaired) electrons. The summed E-state index contributed by atoms with van der Waals surface area (Å²) in [6.07, 6.45) is 0.837. The second-order valence-electron chi connectivity index (χ2n) is 2.63. The summed E-state index contributed by atoms with van der Waals surface area (Å²) >= 11 is 0. The maximum atomic E-state index is 13.2. The molecule has 0 saturated heterocycles. The zero-order valence-corrected chi connectivity index (χ0v) is 7.96. The largest absolute Gasteiger partial charge is 0.476 e. The Bertz CT molecular complexity index is 527. The SMILES string of the molecule is Cl.O=C(O)c1nc2ccc(F)cn2c1F. The van der Waals surface area contributed by atoms with E-state index in [1.807, 2.05) is 0 Å². The van der Waals surface area contributed by atoms with Gasteiger partial charge >= 0.3 is 5.97 Å². The van der Waals surface area contributed by atoms with Gasteiger partial charge in [0.05, 0.1) is 0 Å². The second kappa shape index (κ2) is 3.82. The smallest absolute Gasteiger partial charge is 0.359 e. The highest BCUT2D eigenvalue weighted by molar-refractivity contribution is 5.86. The van der Waals surface area contributed by atoms with E-state index in [1.54, 1.807) is 0 Å². The summed E-state index contributed by atoms with van der Waals surface area (Å²) in [6, 6.07) is 2.28. The first-order chi connectivity index (χ1) is 6.59. The molecule has 0 bridgehead atoms. The third-order valence-electron chi connectivity index (χ3n) is 1.73. The Labute approximate surface area is 88.6 Å². The lowest BCUT2D eigenvalue weighted by Crippen LogP contribution is -2.00. The molecule has 0 amide bonds. The fourth-order valence-corrected chi connectivity index (χ4v) is 1.13. The number of pyridine rings is 1. The quantitative estimate of drug-likeness (QED) is 0.818. The number of aromatic carboxylic acids is 1. The first-order valence-electron chi connectivity index (χ1n) is 3.66. The van der Waals surface area contributed by atoms with E-state index in [2.05, 4.69) is 4.98 Å². The molecule has 0 aromatic carbocycles. The van der Waals surface area contributed by atoms with Crippen molar-refractivity contribution in [3.8, 4) is 0 Å². The van der Waals surface area contributed by atoms with Crippen molar-refractivity contribution in [2.45, 2.75) is 0 Å². The van der Waals surface area contributed by atoms with Crippen LogP contribution < -0.4 is 0 Å². The van der Waals surface area contributed by atoms with E-state index in [-0.39, 0.29) is 18.1 Å². The van der Waals surface area contributed by atoms with Crippen LogP contribution >= 0.6 is 12.4 Å². The van der Waals surface area contributed by atoms with Crippen LogP contribution in [0.4, 0.5) is 8.78 Å².